The highest BCUT2D eigenvalue weighted by atomic mass is 35.5. The SMILES string of the molecule is OCc1ccc(NCc2c(Cl)oc3ccccc23)cc1. The molecule has 102 valence electrons. The second kappa shape index (κ2) is 5.57. The summed E-state index contributed by atoms with van der Waals surface area (Å²) in [5.74, 6) is 0. The summed E-state index contributed by atoms with van der Waals surface area (Å²) in [4.78, 5) is 0. The molecule has 4 heteroatoms. The van der Waals surface area contributed by atoms with E-state index in [1.807, 2.05) is 48.5 Å². The van der Waals surface area contributed by atoms with Crippen molar-refractivity contribution in [2.75, 3.05) is 5.32 Å². The van der Waals surface area contributed by atoms with Gasteiger partial charge in [0.05, 0.1) is 6.61 Å². The number of rotatable bonds is 4. The Morgan fingerprint density at radius 3 is 2.55 bits per heavy atom. The molecule has 0 radical (unpaired) electrons. The maximum Gasteiger partial charge on any atom is 0.199 e. The van der Waals surface area contributed by atoms with Crippen LogP contribution in [0, 0.1) is 0 Å². The van der Waals surface area contributed by atoms with E-state index in [0.717, 1.165) is 27.8 Å². The molecule has 0 amide bonds. The first-order chi connectivity index (χ1) is 9.78. The average molecular weight is 288 g/mol. The molecule has 2 aromatic carbocycles. The Bertz CT molecular complexity index is 719. The number of hydrogen-bond donors (Lipinski definition) is 2. The van der Waals surface area contributed by atoms with Crippen LogP contribution in [0.25, 0.3) is 11.0 Å². The van der Waals surface area contributed by atoms with Crippen LogP contribution in [0.5, 0.6) is 0 Å². The van der Waals surface area contributed by atoms with Gasteiger partial charge in [-0.1, -0.05) is 30.3 Å². The van der Waals surface area contributed by atoms with E-state index in [1.54, 1.807) is 0 Å². The van der Waals surface area contributed by atoms with E-state index in [-0.39, 0.29) is 6.61 Å². The summed E-state index contributed by atoms with van der Waals surface area (Å²) >= 11 is 6.14. The van der Waals surface area contributed by atoms with Gasteiger partial charge in [-0.3, -0.25) is 0 Å². The average Bonchev–Trinajstić information content (AvgIpc) is 2.81. The zero-order chi connectivity index (χ0) is 13.9. The lowest BCUT2D eigenvalue weighted by molar-refractivity contribution is 0.282. The van der Waals surface area contributed by atoms with Crippen molar-refractivity contribution in [3.63, 3.8) is 0 Å². The number of benzene rings is 2. The van der Waals surface area contributed by atoms with E-state index in [4.69, 9.17) is 21.1 Å². The predicted molar refractivity (Wildman–Crippen MR) is 80.9 cm³/mol. The van der Waals surface area contributed by atoms with Gasteiger partial charge >= 0.3 is 0 Å². The molecule has 0 unspecified atom stereocenters. The molecule has 0 saturated carbocycles. The van der Waals surface area contributed by atoms with Crippen LogP contribution in [0.15, 0.2) is 52.9 Å². The number of nitrogens with one attached hydrogen (secondary N) is 1. The first-order valence-corrected chi connectivity index (χ1v) is 6.75. The monoisotopic (exact) mass is 287 g/mol. The van der Waals surface area contributed by atoms with Crippen LogP contribution in [0.2, 0.25) is 5.22 Å². The summed E-state index contributed by atoms with van der Waals surface area (Å²) in [6.45, 7) is 0.646. The topological polar surface area (TPSA) is 45.4 Å². The van der Waals surface area contributed by atoms with Gasteiger partial charge in [0.1, 0.15) is 5.58 Å². The number of hydrogen-bond acceptors (Lipinski definition) is 3. The number of para-hydroxylation sites is 1. The normalized spacial score (nSPS) is 10.9. The van der Waals surface area contributed by atoms with Crippen molar-refractivity contribution in [1.82, 2.24) is 0 Å². The van der Waals surface area contributed by atoms with E-state index in [9.17, 15) is 0 Å². The van der Waals surface area contributed by atoms with E-state index >= 15 is 0 Å². The molecule has 0 fully saturated rings. The summed E-state index contributed by atoms with van der Waals surface area (Å²) in [5.41, 5.74) is 3.62. The minimum Gasteiger partial charge on any atom is -0.444 e. The molecule has 0 saturated heterocycles. The third kappa shape index (κ3) is 2.50. The minimum atomic E-state index is 0.0540. The molecule has 20 heavy (non-hydrogen) atoms. The van der Waals surface area contributed by atoms with Crippen LogP contribution in [0.4, 0.5) is 5.69 Å². The lowest BCUT2D eigenvalue weighted by Crippen LogP contribution is -1.99. The van der Waals surface area contributed by atoms with Gasteiger partial charge in [-0.05, 0) is 35.4 Å². The summed E-state index contributed by atoms with van der Waals surface area (Å²) in [6.07, 6.45) is 0. The molecule has 1 aromatic heterocycles. The first kappa shape index (κ1) is 13.0. The Morgan fingerprint density at radius 1 is 1.05 bits per heavy atom. The van der Waals surface area contributed by atoms with Gasteiger partial charge in [0.2, 0.25) is 0 Å². The molecule has 0 spiro atoms. The van der Waals surface area contributed by atoms with Crippen molar-refractivity contribution < 1.29 is 9.52 Å². The minimum absolute atomic E-state index is 0.0540. The Morgan fingerprint density at radius 2 is 1.80 bits per heavy atom. The highest BCUT2D eigenvalue weighted by molar-refractivity contribution is 6.30. The fourth-order valence-electron chi connectivity index (χ4n) is 2.15. The van der Waals surface area contributed by atoms with Crippen LogP contribution >= 0.6 is 11.6 Å². The number of furan rings is 1. The molecular formula is C16H14ClNO2. The smallest absolute Gasteiger partial charge is 0.199 e. The van der Waals surface area contributed by atoms with Crippen molar-refractivity contribution >= 4 is 28.3 Å². The van der Waals surface area contributed by atoms with Crippen LogP contribution in [0.1, 0.15) is 11.1 Å². The molecule has 0 aliphatic carbocycles. The Balaban J connectivity index is 1.80. The zero-order valence-electron chi connectivity index (χ0n) is 10.8. The summed E-state index contributed by atoms with van der Waals surface area (Å²) < 4.78 is 5.52. The Kier molecular flexibility index (Phi) is 3.63. The second-order valence-corrected chi connectivity index (χ2v) is 4.90. The van der Waals surface area contributed by atoms with Crippen molar-refractivity contribution in [2.24, 2.45) is 0 Å². The van der Waals surface area contributed by atoms with E-state index < -0.39 is 0 Å². The summed E-state index contributed by atoms with van der Waals surface area (Å²) in [6, 6.07) is 15.4. The summed E-state index contributed by atoms with van der Waals surface area (Å²) in [5, 5.41) is 13.8. The van der Waals surface area contributed by atoms with Crippen LogP contribution in [0.3, 0.4) is 0 Å². The molecule has 3 aromatic rings. The van der Waals surface area contributed by atoms with E-state index in [2.05, 4.69) is 5.32 Å². The molecule has 0 bridgehead atoms. The molecule has 3 nitrogen and oxygen atoms in total. The Hall–Kier alpha value is -1.97. The second-order valence-electron chi connectivity index (χ2n) is 4.56. The van der Waals surface area contributed by atoms with Crippen LogP contribution in [-0.2, 0) is 13.2 Å². The Labute approximate surface area is 121 Å². The number of aliphatic hydroxyl groups excluding tert-OH is 1. The van der Waals surface area contributed by atoms with Gasteiger partial charge in [0, 0.05) is 23.2 Å². The van der Waals surface area contributed by atoms with Gasteiger partial charge in [-0.25, -0.2) is 0 Å². The van der Waals surface area contributed by atoms with Crippen molar-refractivity contribution in [2.45, 2.75) is 13.2 Å². The predicted octanol–water partition coefficient (Wildman–Crippen LogP) is 4.19. The lowest BCUT2D eigenvalue weighted by atomic mass is 10.1. The van der Waals surface area contributed by atoms with Gasteiger partial charge in [0.15, 0.2) is 5.22 Å². The quantitative estimate of drug-likeness (QED) is 0.756. The van der Waals surface area contributed by atoms with Gasteiger partial charge in [-0.15, -0.1) is 0 Å². The van der Waals surface area contributed by atoms with E-state index in [1.165, 1.54) is 0 Å². The van der Waals surface area contributed by atoms with Gasteiger partial charge < -0.3 is 14.8 Å². The van der Waals surface area contributed by atoms with E-state index in [0.29, 0.717) is 11.8 Å². The third-order valence-corrected chi connectivity index (χ3v) is 3.56. The number of aliphatic hydroxyl groups is 1. The maximum absolute atomic E-state index is 9.01. The highest BCUT2D eigenvalue weighted by Crippen LogP contribution is 2.30. The third-order valence-electron chi connectivity index (χ3n) is 3.25. The zero-order valence-corrected chi connectivity index (χ0v) is 11.5. The molecule has 1 heterocycles. The fraction of sp³-hybridized carbons (Fsp3) is 0.125. The fourth-order valence-corrected chi connectivity index (χ4v) is 2.40. The van der Waals surface area contributed by atoms with Gasteiger partial charge in [0.25, 0.3) is 0 Å². The number of anilines is 1. The van der Waals surface area contributed by atoms with Crippen LogP contribution < -0.4 is 5.32 Å². The standard InChI is InChI=1S/C16H14ClNO2/c17-16-14(13-3-1-2-4-15(13)20-16)9-18-12-7-5-11(10-19)6-8-12/h1-8,18-19H,9-10H2. The highest BCUT2D eigenvalue weighted by Gasteiger charge is 2.11. The van der Waals surface area contributed by atoms with Gasteiger partial charge in [-0.2, -0.15) is 0 Å². The molecule has 0 aliphatic rings. The van der Waals surface area contributed by atoms with Crippen molar-refractivity contribution in [1.29, 1.82) is 0 Å². The first-order valence-electron chi connectivity index (χ1n) is 6.37. The molecule has 0 atom stereocenters. The van der Waals surface area contributed by atoms with Crippen molar-refractivity contribution in [3.8, 4) is 0 Å². The molecular weight excluding hydrogens is 274 g/mol. The molecule has 3 rings (SSSR count). The largest absolute Gasteiger partial charge is 0.444 e. The number of halogens is 1. The van der Waals surface area contributed by atoms with Crippen molar-refractivity contribution in [3.05, 3.63) is 64.9 Å². The van der Waals surface area contributed by atoms with Crippen LogP contribution in [-0.4, -0.2) is 5.11 Å². The number of fused-ring (bicyclic) bond motifs is 1. The molecule has 2 N–H and O–H groups in total. The summed E-state index contributed by atoms with van der Waals surface area (Å²) in [7, 11) is 0. The maximum atomic E-state index is 9.01. The molecule has 0 aliphatic heterocycles. The lowest BCUT2D eigenvalue weighted by Gasteiger charge is -2.06.